The maximum absolute atomic E-state index is 11.9. The molecule has 2 rings (SSSR count). The quantitative estimate of drug-likeness (QED) is 0.332. The third kappa shape index (κ3) is 5.03. The Hall–Kier alpha value is -1.95. The number of ketones is 1. The summed E-state index contributed by atoms with van der Waals surface area (Å²) < 4.78 is 28.3. The highest BCUT2D eigenvalue weighted by atomic mass is 35.5. The first kappa shape index (κ1) is 17.4. The van der Waals surface area contributed by atoms with E-state index in [1.807, 2.05) is 6.07 Å². The molecule has 23 heavy (non-hydrogen) atoms. The number of hydrogen-bond donors (Lipinski definition) is 0. The van der Waals surface area contributed by atoms with Crippen LogP contribution in [0, 0.1) is 0 Å². The molecule has 6 heteroatoms. The molecular formula is C17H15ClO4S. The molecule has 0 bridgehead atoms. The summed E-state index contributed by atoms with van der Waals surface area (Å²) in [5.74, 6) is -0.0190. The lowest BCUT2D eigenvalue weighted by Gasteiger charge is -2.04. The van der Waals surface area contributed by atoms with Gasteiger partial charge in [0.15, 0.2) is 5.78 Å². The first-order valence-corrected chi connectivity index (χ1v) is 8.80. The molecule has 2 aromatic carbocycles. The number of benzene rings is 2. The Balaban J connectivity index is 2.08. The van der Waals surface area contributed by atoms with E-state index in [0.29, 0.717) is 11.1 Å². The highest BCUT2D eigenvalue weighted by Gasteiger charge is 2.14. The third-order valence-electron chi connectivity index (χ3n) is 2.97. The Morgan fingerprint density at radius 1 is 1.04 bits per heavy atom. The van der Waals surface area contributed by atoms with Crippen molar-refractivity contribution >= 4 is 33.6 Å². The van der Waals surface area contributed by atoms with Gasteiger partial charge < -0.3 is 0 Å². The Morgan fingerprint density at radius 2 is 1.70 bits per heavy atom. The van der Waals surface area contributed by atoms with Gasteiger partial charge in [-0.1, -0.05) is 48.5 Å². The molecule has 0 aromatic heterocycles. The molecule has 0 fully saturated rings. The van der Waals surface area contributed by atoms with E-state index in [2.05, 4.69) is 0 Å². The minimum Gasteiger partial charge on any atom is -0.289 e. The maximum atomic E-state index is 11.9. The van der Waals surface area contributed by atoms with E-state index in [-0.39, 0.29) is 23.2 Å². The molecule has 4 nitrogen and oxygen atoms in total. The standard InChI is InChI=1S/C17H15ClO4S/c18-12-13-22-23(20,21)16-9-6-14(7-10-16)8-11-17(19)15-4-2-1-3-5-15/h1-11H,12-13H2/b11-8+. The summed E-state index contributed by atoms with van der Waals surface area (Å²) in [6.45, 7) is -0.0723. The van der Waals surface area contributed by atoms with Crippen LogP contribution in [0.25, 0.3) is 6.08 Å². The maximum Gasteiger partial charge on any atom is 0.297 e. The van der Waals surface area contributed by atoms with Gasteiger partial charge in [-0.2, -0.15) is 8.42 Å². The van der Waals surface area contributed by atoms with Gasteiger partial charge in [-0.25, -0.2) is 0 Å². The minimum absolute atomic E-state index is 0.0501. The number of halogens is 1. The number of alkyl halides is 1. The fraction of sp³-hybridized carbons (Fsp3) is 0.118. The van der Waals surface area contributed by atoms with Crippen molar-refractivity contribution in [3.63, 3.8) is 0 Å². The van der Waals surface area contributed by atoms with Crippen LogP contribution in [0.2, 0.25) is 0 Å². The molecule has 0 aliphatic rings. The van der Waals surface area contributed by atoms with Crippen LogP contribution in [0.4, 0.5) is 0 Å². The Bertz CT molecular complexity index is 781. The summed E-state index contributed by atoms with van der Waals surface area (Å²) in [5.41, 5.74) is 1.31. The van der Waals surface area contributed by atoms with E-state index in [4.69, 9.17) is 15.8 Å². The van der Waals surface area contributed by atoms with Crippen molar-refractivity contribution in [1.29, 1.82) is 0 Å². The molecule has 120 valence electrons. The van der Waals surface area contributed by atoms with Crippen LogP contribution in [0.5, 0.6) is 0 Å². The van der Waals surface area contributed by atoms with Gasteiger partial charge in [-0.05, 0) is 23.8 Å². The van der Waals surface area contributed by atoms with E-state index < -0.39 is 10.1 Å². The predicted octanol–water partition coefficient (Wildman–Crippen LogP) is 3.53. The zero-order chi connectivity index (χ0) is 16.7. The predicted molar refractivity (Wildman–Crippen MR) is 90.1 cm³/mol. The van der Waals surface area contributed by atoms with Crippen LogP contribution in [-0.2, 0) is 14.3 Å². The van der Waals surface area contributed by atoms with Gasteiger partial charge in [0.2, 0.25) is 0 Å². The lowest BCUT2D eigenvalue weighted by atomic mass is 10.1. The van der Waals surface area contributed by atoms with Crippen LogP contribution in [-0.4, -0.2) is 26.7 Å². The van der Waals surface area contributed by atoms with Crippen LogP contribution in [0.1, 0.15) is 15.9 Å². The summed E-state index contributed by atoms with van der Waals surface area (Å²) in [5, 5.41) is 0. The second-order valence-corrected chi connectivity index (χ2v) is 6.59. The summed E-state index contributed by atoms with van der Waals surface area (Å²) in [4.78, 5) is 12.0. The van der Waals surface area contributed by atoms with Crippen LogP contribution >= 0.6 is 11.6 Å². The smallest absolute Gasteiger partial charge is 0.289 e. The average Bonchev–Trinajstić information content (AvgIpc) is 2.59. The number of hydrogen-bond acceptors (Lipinski definition) is 4. The number of carbonyl (C=O) groups is 1. The molecule has 0 heterocycles. The summed E-state index contributed by atoms with van der Waals surface area (Å²) in [6, 6.07) is 15.0. The second-order valence-electron chi connectivity index (χ2n) is 4.60. The van der Waals surface area contributed by atoms with E-state index in [9.17, 15) is 13.2 Å². The summed E-state index contributed by atoms with van der Waals surface area (Å²) >= 11 is 5.41. The first-order valence-electron chi connectivity index (χ1n) is 6.86. The van der Waals surface area contributed by atoms with Gasteiger partial charge in [0.05, 0.1) is 11.5 Å². The molecule has 0 radical (unpaired) electrons. The van der Waals surface area contributed by atoms with Crippen LogP contribution in [0.15, 0.2) is 65.6 Å². The van der Waals surface area contributed by atoms with Gasteiger partial charge in [-0.3, -0.25) is 8.98 Å². The van der Waals surface area contributed by atoms with Gasteiger partial charge in [0.1, 0.15) is 0 Å². The lowest BCUT2D eigenvalue weighted by Crippen LogP contribution is -2.08. The lowest BCUT2D eigenvalue weighted by molar-refractivity contribution is 0.104. The van der Waals surface area contributed by atoms with Crippen molar-refractivity contribution in [2.45, 2.75) is 4.90 Å². The molecule has 0 N–H and O–H groups in total. The Labute approximate surface area is 140 Å². The van der Waals surface area contributed by atoms with Crippen LogP contribution < -0.4 is 0 Å². The highest BCUT2D eigenvalue weighted by Crippen LogP contribution is 2.15. The molecule has 0 amide bonds. The van der Waals surface area contributed by atoms with E-state index in [0.717, 1.165) is 0 Å². The van der Waals surface area contributed by atoms with Crippen molar-refractivity contribution < 1.29 is 17.4 Å². The fourth-order valence-corrected chi connectivity index (χ4v) is 2.90. The topological polar surface area (TPSA) is 60.4 Å². The van der Waals surface area contributed by atoms with Crippen molar-refractivity contribution in [3.05, 3.63) is 71.8 Å². The van der Waals surface area contributed by atoms with Gasteiger partial charge >= 0.3 is 0 Å². The Morgan fingerprint density at radius 3 is 2.30 bits per heavy atom. The minimum atomic E-state index is -3.79. The molecule has 2 aromatic rings. The van der Waals surface area contributed by atoms with Crippen molar-refractivity contribution in [2.24, 2.45) is 0 Å². The largest absolute Gasteiger partial charge is 0.297 e. The Kier molecular flexibility index (Phi) is 6.10. The molecule has 0 saturated heterocycles. The molecule has 0 spiro atoms. The average molecular weight is 351 g/mol. The summed E-state index contributed by atoms with van der Waals surface area (Å²) in [7, 11) is -3.79. The zero-order valence-electron chi connectivity index (χ0n) is 12.2. The van der Waals surface area contributed by atoms with E-state index in [1.54, 1.807) is 42.5 Å². The zero-order valence-corrected chi connectivity index (χ0v) is 13.8. The van der Waals surface area contributed by atoms with Gasteiger partial charge in [-0.15, -0.1) is 11.6 Å². The number of carbonyl (C=O) groups excluding carboxylic acids is 1. The fourth-order valence-electron chi connectivity index (χ4n) is 1.83. The second kappa shape index (κ2) is 8.06. The van der Waals surface area contributed by atoms with Crippen molar-refractivity contribution in [3.8, 4) is 0 Å². The SMILES string of the molecule is O=C(/C=C/c1ccc(S(=O)(=O)OCCCl)cc1)c1ccccc1. The third-order valence-corrected chi connectivity index (χ3v) is 4.45. The number of allylic oxidation sites excluding steroid dienone is 1. The molecule has 0 atom stereocenters. The van der Waals surface area contributed by atoms with Gasteiger partial charge in [0.25, 0.3) is 10.1 Å². The van der Waals surface area contributed by atoms with E-state index >= 15 is 0 Å². The van der Waals surface area contributed by atoms with E-state index in [1.165, 1.54) is 18.2 Å². The first-order chi connectivity index (χ1) is 11.0. The van der Waals surface area contributed by atoms with Crippen LogP contribution in [0.3, 0.4) is 0 Å². The molecule has 0 aliphatic carbocycles. The molecule has 0 unspecified atom stereocenters. The summed E-state index contributed by atoms with van der Waals surface area (Å²) in [6.07, 6.45) is 3.08. The molecule has 0 aliphatic heterocycles. The van der Waals surface area contributed by atoms with Crippen molar-refractivity contribution in [1.82, 2.24) is 0 Å². The van der Waals surface area contributed by atoms with Crippen molar-refractivity contribution in [2.75, 3.05) is 12.5 Å². The highest BCUT2D eigenvalue weighted by molar-refractivity contribution is 7.86. The molecule has 0 saturated carbocycles. The number of rotatable bonds is 7. The molecular weight excluding hydrogens is 336 g/mol. The monoisotopic (exact) mass is 350 g/mol. The van der Waals surface area contributed by atoms with Gasteiger partial charge in [0, 0.05) is 11.4 Å². The normalized spacial score (nSPS) is 11.7.